The molecule has 94 valence electrons. The number of carbonyl (C=O) groups is 1. The lowest BCUT2D eigenvalue weighted by Gasteiger charge is -2.13. The van der Waals surface area contributed by atoms with E-state index in [1.807, 2.05) is 32.0 Å². The van der Waals surface area contributed by atoms with Gasteiger partial charge in [-0.2, -0.15) is 0 Å². The molecule has 0 saturated heterocycles. The number of rotatable bonds is 5. The van der Waals surface area contributed by atoms with Crippen molar-refractivity contribution in [2.45, 2.75) is 27.2 Å². The molecule has 1 aromatic carbocycles. The molecule has 0 saturated carbocycles. The Balaban J connectivity index is 2.64. The smallest absolute Gasteiger partial charge is 0.251 e. The van der Waals surface area contributed by atoms with Crippen LogP contribution in [-0.2, 0) is 0 Å². The maximum absolute atomic E-state index is 12.1. The second-order valence-electron chi connectivity index (χ2n) is 4.56. The second kappa shape index (κ2) is 6.80. The van der Waals surface area contributed by atoms with Crippen LogP contribution in [0.3, 0.4) is 0 Å². The molecule has 1 rings (SSSR count). The minimum Gasteiger partial charge on any atom is -0.352 e. The first-order chi connectivity index (χ1) is 8.06. The van der Waals surface area contributed by atoms with Gasteiger partial charge in [-0.05, 0) is 37.3 Å². The highest BCUT2D eigenvalue weighted by Gasteiger charge is 2.12. The molecule has 1 unspecified atom stereocenters. The van der Waals surface area contributed by atoms with E-state index >= 15 is 0 Å². The van der Waals surface area contributed by atoms with Gasteiger partial charge in [-0.15, -0.1) is 0 Å². The topological polar surface area (TPSA) is 29.1 Å². The van der Waals surface area contributed by atoms with Crippen molar-refractivity contribution in [2.24, 2.45) is 5.92 Å². The average molecular weight is 298 g/mol. The summed E-state index contributed by atoms with van der Waals surface area (Å²) in [4.78, 5) is 12.1. The number of hydrogen-bond donors (Lipinski definition) is 1. The highest BCUT2D eigenvalue weighted by Crippen LogP contribution is 2.13. The van der Waals surface area contributed by atoms with Crippen molar-refractivity contribution in [1.82, 2.24) is 5.32 Å². The van der Waals surface area contributed by atoms with Gasteiger partial charge in [0.1, 0.15) is 0 Å². The van der Waals surface area contributed by atoms with Crippen LogP contribution in [0, 0.1) is 19.8 Å². The Hall–Kier alpha value is -0.830. The molecule has 1 atom stereocenters. The van der Waals surface area contributed by atoms with Crippen LogP contribution < -0.4 is 5.32 Å². The predicted molar refractivity (Wildman–Crippen MR) is 75.8 cm³/mol. The summed E-state index contributed by atoms with van der Waals surface area (Å²) in [7, 11) is 0. The highest BCUT2D eigenvalue weighted by molar-refractivity contribution is 9.09. The minimum absolute atomic E-state index is 0.0435. The van der Waals surface area contributed by atoms with Gasteiger partial charge in [-0.25, -0.2) is 0 Å². The molecule has 0 bridgehead atoms. The van der Waals surface area contributed by atoms with E-state index in [2.05, 4.69) is 28.2 Å². The zero-order chi connectivity index (χ0) is 12.8. The highest BCUT2D eigenvalue weighted by atomic mass is 79.9. The largest absolute Gasteiger partial charge is 0.352 e. The van der Waals surface area contributed by atoms with E-state index in [9.17, 15) is 4.79 Å². The molecule has 0 heterocycles. The Bertz CT molecular complexity index is 370. The lowest BCUT2D eigenvalue weighted by Crippen LogP contribution is -2.29. The van der Waals surface area contributed by atoms with Crippen LogP contribution in [0.15, 0.2) is 18.2 Å². The summed E-state index contributed by atoms with van der Waals surface area (Å²) >= 11 is 3.41. The standard InChI is InChI=1S/C14H20BrNO/c1-10(7-8-15)9-16-14(17)13-11(2)5-4-6-12(13)3/h4-6,10H,7-9H2,1-3H3,(H,16,17). The number of aryl methyl sites for hydroxylation is 2. The third kappa shape index (κ3) is 4.15. The Morgan fingerprint density at radius 2 is 1.94 bits per heavy atom. The van der Waals surface area contributed by atoms with Crippen molar-refractivity contribution < 1.29 is 4.79 Å². The Kier molecular flexibility index (Phi) is 5.69. The van der Waals surface area contributed by atoms with E-state index in [1.165, 1.54) is 0 Å². The van der Waals surface area contributed by atoms with Gasteiger partial charge >= 0.3 is 0 Å². The van der Waals surface area contributed by atoms with Crippen molar-refractivity contribution in [3.05, 3.63) is 34.9 Å². The van der Waals surface area contributed by atoms with Crippen molar-refractivity contribution in [3.63, 3.8) is 0 Å². The number of alkyl halides is 1. The van der Waals surface area contributed by atoms with E-state index in [-0.39, 0.29) is 5.91 Å². The van der Waals surface area contributed by atoms with Crippen molar-refractivity contribution in [1.29, 1.82) is 0 Å². The van der Waals surface area contributed by atoms with E-state index < -0.39 is 0 Å². The summed E-state index contributed by atoms with van der Waals surface area (Å²) in [5.41, 5.74) is 2.89. The van der Waals surface area contributed by atoms with Crippen LogP contribution in [0.25, 0.3) is 0 Å². The van der Waals surface area contributed by atoms with Crippen LogP contribution in [0.1, 0.15) is 34.8 Å². The number of carbonyl (C=O) groups excluding carboxylic acids is 1. The third-order valence-corrected chi connectivity index (χ3v) is 3.38. The summed E-state index contributed by atoms with van der Waals surface area (Å²) in [6.07, 6.45) is 1.08. The molecule has 0 aliphatic rings. The van der Waals surface area contributed by atoms with Crippen LogP contribution in [-0.4, -0.2) is 17.8 Å². The van der Waals surface area contributed by atoms with E-state index in [4.69, 9.17) is 0 Å². The second-order valence-corrected chi connectivity index (χ2v) is 5.35. The quantitative estimate of drug-likeness (QED) is 0.829. The SMILES string of the molecule is Cc1cccc(C)c1C(=O)NCC(C)CCBr. The molecular weight excluding hydrogens is 278 g/mol. The molecular formula is C14H20BrNO. The summed E-state index contributed by atoms with van der Waals surface area (Å²) in [5, 5.41) is 3.99. The molecule has 0 spiro atoms. The number of halogens is 1. The lowest BCUT2D eigenvalue weighted by molar-refractivity contribution is 0.0946. The van der Waals surface area contributed by atoms with E-state index in [1.54, 1.807) is 0 Å². The molecule has 0 radical (unpaired) electrons. The maximum atomic E-state index is 12.1. The first kappa shape index (κ1) is 14.2. The normalized spacial score (nSPS) is 12.2. The number of nitrogens with one attached hydrogen (secondary N) is 1. The van der Waals surface area contributed by atoms with Crippen LogP contribution in [0.5, 0.6) is 0 Å². The number of hydrogen-bond acceptors (Lipinski definition) is 1. The van der Waals surface area contributed by atoms with Gasteiger partial charge in [0.15, 0.2) is 0 Å². The zero-order valence-electron chi connectivity index (χ0n) is 10.7. The van der Waals surface area contributed by atoms with Crippen molar-refractivity contribution in [3.8, 4) is 0 Å². The van der Waals surface area contributed by atoms with Crippen molar-refractivity contribution in [2.75, 3.05) is 11.9 Å². The fourth-order valence-electron chi connectivity index (χ4n) is 1.82. The van der Waals surface area contributed by atoms with Crippen LogP contribution >= 0.6 is 15.9 Å². The molecule has 0 fully saturated rings. The van der Waals surface area contributed by atoms with Crippen molar-refractivity contribution >= 4 is 21.8 Å². The summed E-state index contributed by atoms with van der Waals surface area (Å²) in [6, 6.07) is 5.93. The molecule has 1 aromatic rings. The monoisotopic (exact) mass is 297 g/mol. The molecule has 1 N–H and O–H groups in total. The molecule has 0 aliphatic carbocycles. The van der Waals surface area contributed by atoms with E-state index in [0.717, 1.165) is 35.0 Å². The van der Waals surface area contributed by atoms with Gasteiger partial charge in [-0.3, -0.25) is 4.79 Å². The fraction of sp³-hybridized carbons (Fsp3) is 0.500. The predicted octanol–water partition coefficient (Wildman–Crippen LogP) is 3.45. The molecule has 0 aromatic heterocycles. The fourth-order valence-corrected chi connectivity index (χ4v) is 2.60. The Morgan fingerprint density at radius 3 is 2.47 bits per heavy atom. The summed E-state index contributed by atoms with van der Waals surface area (Å²) in [6.45, 7) is 6.83. The van der Waals surface area contributed by atoms with Gasteiger partial charge in [0.2, 0.25) is 0 Å². The molecule has 2 nitrogen and oxygen atoms in total. The Labute approximate surface area is 112 Å². The third-order valence-electron chi connectivity index (χ3n) is 2.92. The number of benzene rings is 1. The molecule has 3 heteroatoms. The average Bonchev–Trinajstić information content (AvgIpc) is 2.26. The number of amides is 1. The van der Waals surface area contributed by atoms with Gasteiger partial charge in [0.25, 0.3) is 5.91 Å². The summed E-state index contributed by atoms with van der Waals surface area (Å²) in [5.74, 6) is 0.546. The van der Waals surface area contributed by atoms with Gasteiger partial charge in [-0.1, -0.05) is 41.1 Å². The minimum atomic E-state index is 0.0435. The van der Waals surface area contributed by atoms with E-state index in [0.29, 0.717) is 5.92 Å². The Morgan fingerprint density at radius 1 is 1.35 bits per heavy atom. The molecule has 1 amide bonds. The van der Waals surface area contributed by atoms with Gasteiger partial charge in [0, 0.05) is 17.4 Å². The molecule has 0 aliphatic heterocycles. The first-order valence-corrected chi connectivity index (χ1v) is 7.08. The lowest BCUT2D eigenvalue weighted by atomic mass is 10.0. The maximum Gasteiger partial charge on any atom is 0.251 e. The first-order valence-electron chi connectivity index (χ1n) is 5.96. The van der Waals surface area contributed by atoms with Gasteiger partial charge < -0.3 is 5.32 Å². The van der Waals surface area contributed by atoms with Crippen LogP contribution in [0.2, 0.25) is 0 Å². The van der Waals surface area contributed by atoms with Gasteiger partial charge in [0.05, 0.1) is 0 Å². The zero-order valence-corrected chi connectivity index (χ0v) is 12.3. The molecule has 17 heavy (non-hydrogen) atoms. The van der Waals surface area contributed by atoms with Crippen LogP contribution in [0.4, 0.5) is 0 Å². The summed E-state index contributed by atoms with van der Waals surface area (Å²) < 4.78 is 0.